The molecule has 2 aromatic rings. The molecule has 1 heterocycles. The van der Waals surface area contributed by atoms with Gasteiger partial charge in [-0.15, -0.1) is 0 Å². The molecule has 0 amide bonds. The summed E-state index contributed by atoms with van der Waals surface area (Å²) in [5, 5.41) is 0. The third kappa shape index (κ3) is 2.25. The van der Waals surface area contributed by atoms with Gasteiger partial charge in [0, 0.05) is 24.3 Å². The summed E-state index contributed by atoms with van der Waals surface area (Å²) in [6.45, 7) is 2.04. The summed E-state index contributed by atoms with van der Waals surface area (Å²) in [5.41, 5.74) is 12.0. The molecule has 1 aliphatic rings. The quantitative estimate of drug-likeness (QED) is 0.851. The largest absolute Gasteiger partial charge is 0.496 e. The molecule has 3 rings (SSSR count). The number of methoxy groups -OCH3 is 1. The molecule has 0 saturated heterocycles. The first-order valence-corrected chi connectivity index (χ1v) is 6.92. The molecule has 0 unspecified atom stereocenters. The second-order valence-electron chi connectivity index (χ2n) is 5.39. The average Bonchev–Trinajstić information content (AvgIpc) is 2.46. The van der Waals surface area contributed by atoms with Gasteiger partial charge in [-0.3, -0.25) is 0 Å². The van der Waals surface area contributed by atoms with Crippen molar-refractivity contribution in [3.63, 3.8) is 0 Å². The van der Waals surface area contributed by atoms with Crippen LogP contribution in [0.15, 0.2) is 36.4 Å². The number of nitrogens with zero attached hydrogens (tertiary/aromatic N) is 1. The van der Waals surface area contributed by atoms with Crippen molar-refractivity contribution in [2.24, 2.45) is 0 Å². The number of hydrogen-bond donors (Lipinski definition) is 1. The van der Waals surface area contributed by atoms with Gasteiger partial charge in [-0.25, -0.2) is 0 Å². The van der Waals surface area contributed by atoms with E-state index in [2.05, 4.69) is 30.1 Å². The topological polar surface area (TPSA) is 38.5 Å². The molecule has 0 aliphatic carbocycles. The summed E-state index contributed by atoms with van der Waals surface area (Å²) in [4.78, 5) is 2.33. The number of hydrogen-bond acceptors (Lipinski definition) is 3. The highest BCUT2D eigenvalue weighted by Gasteiger charge is 2.17. The fraction of sp³-hybridized carbons (Fsp3) is 0.294. The first-order valence-electron chi connectivity index (χ1n) is 6.92. The number of fused-ring (bicyclic) bond motifs is 1. The van der Waals surface area contributed by atoms with Crippen molar-refractivity contribution in [1.82, 2.24) is 4.90 Å². The molecule has 2 aromatic carbocycles. The van der Waals surface area contributed by atoms with Crippen LogP contribution in [0.2, 0.25) is 0 Å². The Morgan fingerprint density at radius 3 is 2.80 bits per heavy atom. The minimum atomic E-state index is 0.885. The van der Waals surface area contributed by atoms with E-state index in [4.69, 9.17) is 10.5 Å². The fourth-order valence-electron chi connectivity index (χ4n) is 2.91. The molecule has 20 heavy (non-hydrogen) atoms. The lowest BCUT2D eigenvalue weighted by Crippen LogP contribution is -2.27. The minimum absolute atomic E-state index is 0.885. The maximum Gasteiger partial charge on any atom is 0.126 e. The minimum Gasteiger partial charge on any atom is -0.496 e. The maximum absolute atomic E-state index is 6.26. The lowest BCUT2D eigenvalue weighted by Gasteiger charge is -2.27. The molecule has 0 atom stereocenters. The number of benzene rings is 2. The van der Waals surface area contributed by atoms with Gasteiger partial charge >= 0.3 is 0 Å². The lowest BCUT2D eigenvalue weighted by molar-refractivity contribution is 0.313. The molecule has 0 fully saturated rings. The van der Waals surface area contributed by atoms with Crippen LogP contribution in [0.25, 0.3) is 11.1 Å². The Bertz CT molecular complexity index is 637. The number of nitrogen functional groups attached to an aromatic ring is 1. The number of nitrogens with two attached hydrogens (primary N) is 1. The van der Waals surface area contributed by atoms with Crippen LogP contribution >= 0.6 is 0 Å². The predicted molar refractivity (Wildman–Crippen MR) is 82.9 cm³/mol. The van der Waals surface area contributed by atoms with E-state index in [9.17, 15) is 0 Å². The highest BCUT2D eigenvalue weighted by Crippen LogP contribution is 2.34. The molecule has 0 spiro atoms. The summed E-state index contributed by atoms with van der Waals surface area (Å²) < 4.78 is 5.45. The Labute approximate surface area is 120 Å². The van der Waals surface area contributed by atoms with Crippen LogP contribution in [0.5, 0.6) is 5.75 Å². The molecule has 0 aromatic heterocycles. The first kappa shape index (κ1) is 13.0. The van der Waals surface area contributed by atoms with E-state index < -0.39 is 0 Å². The van der Waals surface area contributed by atoms with E-state index in [0.29, 0.717) is 0 Å². The zero-order valence-corrected chi connectivity index (χ0v) is 12.0. The summed E-state index contributed by atoms with van der Waals surface area (Å²) in [6, 6.07) is 12.4. The van der Waals surface area contributed by atoms with E-state index in [1.807, 2.05) is 18.2 Å². The van der Waals surface area contributed by atoms with Crippen LogP contribution in [-0.4, -0.2) is 25.6 Å². The molecule has 104 valence electrons. The number of ether oxygens (including phenoxy) is 1. The van der Waals surface area contributed by atoms with Crippen molar-refractivity contribution >= 4 is 5.69 Å². The Kier molecular flexibility index (Phi) is 3.36. The van der Waals surface area contributed by atoms with E-state index in [0.717, 1.165) is 42.1 Å². The van der Waals surface area contributed by atoms with E-state index in [-0.39, 0.29) is 0 Å². The van der Waals surface area contributed by atoms with Crippen molar-refractivity contribution in [2.45, 2.75) is 13.0 Å². The Balaban J connectivity index is 2.11. The van der Waals surface area contributed by atoms with Gasteiger partial charge in [-0.1, -0.05) is 18.2 Å². The van der Waals surface area contributed by atoms with Crippen molar-refractivity contribution < 1.29 is 4.74 Å². The smallest absolute Gasteiger partial charge is 0.126 e. The van der Waals surface area contributed by atoms with E-state index in [1.165, 1.54) is 11.1 Å². The molecule has 0 radical (unpaired) electrons. The monoisotopic (exact) mass is 268 g/mol. The summed E-state index contributed by atoms with van der Waals surface area (Å²) in [7, 11) is 3.85. The maximum atomic E-state index is 6.26. The normalized spacial score (nSPS) is 14.9. The van der Waals surface area contributed by atoms with Crippen LogP contribution in [0.4, 0.5) is 5.69 Å². The zero-order valence-electron chi connectivity index (χ0n) is 12.0. The van der Waals surface area contributed by atoms with Gasteiger partial charge in [0.25, 0.3) is 0 Å². The van der Waals surface area contributed by atoms with Crippen LogP contribution in [0, 0.1) is 0 Å². The van der Waals surface area contributed by atoms with Crippen molar-refractivity contribution in [3.8, 4) is 16.9 Å². The zero-order chi connectivity index (χ0) is 14.1. The van der Waals surface area contributed by atoms with Crippen molar-refractivity contribution in [1.29, 1.82) is 0 Å². The van der Waals surface area contributed by atoms with Crippen LogP contribution in [-0.2, 0) is 13.0 Å². The van der Waals surface area contributed by atoms with Gasteiger partial charge in [0.15, 0.2) is 0 Å². The Morgan fingerprint density at radius 2 is 2.00 bits per heavy atom. The van der Waals surface area contributed by atoms with E-state index >= 15 is 0 Å². The first-order chi connectivity index (χ1) is 9.69. The van der Waals surface area contributed by atoms with Gasteiger partial charge < -0.3 is 15.4 Å². The standard InChI is InChI=1S/C17H20N2O/c1-19-8-7-14-13(11-19)9-12(10-16(14)18)15-5-3-4-6-17(15)20-2/h3-6,9-10H,7-8,11,18H2,1-2H3. The van der Waals surface area contributed by atoms with Gasteiger partial charge in [0.05, 0.1) is 7.11 Å². The molecule has 0 bridgehead atoms. The Hall–Kier alpha value is -2.00. The Morgan fingerprint density at radius 1 is 1.20 bits per heavy atom. The van der Waals surface area contributed by atoms with Crippen LogP contribution in [0.3, 0.4) is 0 Å². The predicted octanol–water partition coefficient (Wildman–Crippen LogP) is 2.93. The second-order valence-corrected chi connectivity index (χ2v) is 5.39. The molecule has 0 saturated carbocycles. The lowest BCUT2D eigenvalue weighted by atomic mass is 9.93. The van der Waals surface area contributed by atoms with E-state index in [1.54, 1.807) is 7.11 Å². The van der Waals surface area contributed by atoms with Crippen LogP contribution in [0.1, 0.15) is 11.1 Å². The van der Waals surface area contributed by atoms with Crippen molar-refractivity contribution in [2.75, 3.05) is 26.4 Å². The number of anilines is 1. The number of rotatable bonds is 2. The SMILES string of the molecule is COc1ccccc1-c1cc(N)c2c(c1)CN(C)CC2. The summed E-state index contributed by atoms with van der Waals surface area (Å²) in [5.74, 6) is 0.885. The average molecular weight is 268 g/mol. The molecular weight excluding hydrogens is 248 g/mol. The van der Waals surface area contributed by atoms with Gasteiger partial charge in [0.2, 0.25) is 0 Å². The summed E-state index contributed by atoms with van der Waals surface area (Å²) >= 11 is 0. The highest BCUT2D eigenvalue weighted by atomic mass is 16.5. The highest BCUT2D eigenvalue weighted by molar-refractivity contribution is 5.75. The van der Waals surface area contributed by atoms with Crippen molar-refractivity contribution in [3.05, 3.63) is 47.5 Å². The van der Waals surface area contributed by atoms with Crippen LogP contribution < -0.4 is 10.5 Å². The summed E-state index contributed by atoms with van der Waals surface area (Å²) in [6.07, 6.45) is 1.03. The number of likely N-dealkylation sites (N-methyl/N-ethyl adjacent to an activating group) is 1. The molecule has 3 nitrogen and oxygen atoms in total. The number of para-hydroxylation sites is 1. The third-order valence-electron chi connectivity index (χ3n) is 3.98. The second kappa shape index (κ2) is 5.17. The third-order valence-corrected chi connectivity index (χ3v) is 3.98. The van der Waals surface area contributed by atoms with Gasteiger partial charge in [0.1, 0.15) is 5.75 Å². The van der Waals surface area contributed by atoms with Gasteiger partial charge in [-0.05, 0) is 48.4 Å². The fourth-order valence-corrected chi connectivity index (χ4v) is 2.91. The van der Waals surface area contributed by atoms with Gasteiger partial charge in [-0.2, -0.15) is 0 Å². The molecular formula is C17H20N2O. The molecule has 2 N–H and O–H groups in total. The molecule has 3 heteroatoms. The molecule has 1 aliphatic heterocycles.